The Morgan fingerprint density at radius 1 is 1.38 bits per heavy atom. The topological polar surface area (TPSA) is 97.1 Å². The third-order valence-corrected chi connectivity index (χ3v) is 4.17. The molecule has 136 valence electrons. The summed E-state index contributed by atoms with van der Waals surface area (Å²) in [6, 6.07) is 3.52. The van der Waals surface area contributed by atoms with Gasteiger partial charge in [0.2, 0.25) is 11.8 Å². The summed E-state index contributed by atoms with van der Waals surface area (Å²) in [6.45, 7) is 2.25. The number of carbonyl (C=O) groups is 2. The molecule has 1 aromatic heterocycles. The SMILES string of the molecule is CC1(N)CCCCC1C(=O)NCCC(=O)Nc1cccnc1.Cl.Cl. The molecule has 0 bridgehead atoms. The number of nitrogens with zero attached hydrogens (tertiary/aromatic N) is 1. The van der Waals surface area contributed by atoms with Crippen molar-refractivity contribution in [3.63, 3.8) is 0 Å². The number of halogens is 2. The van der Waals surface area contributed by atoms with Gasteiger partial charge < -0.3 is 16.4 Å². The van der Waals surface area contributed by atoms with Crippen molar-refractivity contribution in [2.45, 2.75) is 44.6 Å². The number of rotatable bonds is 5. The van der Waals surface area contributed by atoms with Gasteiger partial charge in [-0.1, -0.05) is 12.8 Å². The Bertz CT molecular complexity index is 526. The van der Waals surface area contributed by atoms with E-state index in [2.05, 4.69) is 15.6 Å². The van der Waals surface area contributed by atoms with Crippen LogP contribution in [0.15, 0.2) is 24.5 Å². The van der Waals surface area contributed by atoms with Crippen molar-refractivity contribution < 1.29 is 9.59 Å². The molecule has 0 spiro atoms. The Morgan fingerprint density at radius 2 is 2.12 bits per heavy atom. The molecule has 2 rings (SSSR count). The average molecular weight is 377 g/mol. The molecular weight excluding hydrogens is 351 g/mol. The number of hydrogen-bond acceptors (Lipinski definition) is 4. The molecule has 1 heterocycles. The van der Waals surface area contributed by atoms with Crippen LogP contribution in [-0.2, 0) is 9.59 Å². The van der Waals surface area contributed by atoms with Gasteiger partial charge in [0, 0.05) is 24.7 Å². The van der Waals surface area contributed by atoms with Gasteiger partial charge in [-0.05, 0) is 31.9 Å². The van der Waals surface area contributed by atoms with Crippen LogP contribution in [0.1, 0.15) is 39.0 Å². The molecule has 24 heavy (non-hydrogen) atoms. The minimum atomic E-state index is -0.444. The van der Waals surface area contributed by atoms with Crippen LogP contribution in [0.25, 0.3) is 0 Å². The van der Waals surface area contributed by atoms with Gasteiger partial charge in [-0.25, -0.2) is 0 Å². The quantitative estimate of drug-likeness (QED) is 0.733. The van der Waals surface area contributed by atoms with Crippen molar-refractivity contribution in [1.82, 2.24) is 10.3 Å². The van der Waals surface area contributed by atoms with Gasteiger partial charge in [0.05, 0.1) is 17.8 Å². The van der Waals surface area contributed by atoms with E-state index >= 15 is 0 Å². The summed E-state index contributed by atoms with van der Waals surface area (Å²) in [5.41, 5.74) is 6.42. The number of hydrogen-bond donors (Lipinski definition) is 3. The van der Waals surface area contributed by atoms with Crippen LogP contribution in [0.3, 0.4) is 0 Å². The van der Waals surface area contributed by atoms with Crippen molar-refractivity contribution in [1.29, 1.82) is 0 Å². The first-order valence-corrected chi connectivity index (χ1v) is 7.75. The zero-order valence-electron chi connectivity index (χ0n) is 13.8. The molecule has 2 unspecified atom stereocenters. The summed E-state index contributed by atoms with van der Waals surface area (Å²) >= 11 is 0. The maximum Gasteiger partial charge on any atom is 0.226 e. The van der Waals surface area contributed by atoms with Gasteiger partial charge in [-0.15, -0.1) is 24.8 Å². The van der Waals surface area contributed by atoms with E-state index in [-0.39, 0.29) is 49.0 Å². The lowest BCUT2D eigenvalue weighted by Gasteiger charge is -2.37. The molecule has 1 saturated carbocycles. The first kappa shape index (κ1) is 22.6. The molecule has 0 aromatic carbocycles. The van der Waals surface area contributed by atoms with E-state index in [0.29, 0.717) is 12.2 Å². The molecule has 8 heteroatoms. The molecule has 2 amide bonds. The van der Waals surface area contributed by atoms with Crippen LogP contribution < -0.4 is 16.4 Å². The van der Waals surface area contributed by atoms with Gasteiger partial charge in [0.1, 0.15) is 0 Å². The van der Waals surface area contributed by atoms with Crippen LogP contribution >= 0.6 is 24.8 Å². The van der Waals surface area contributed by atoms with Crippen molar-refractivity contribution in [3.8, 4) is 0 Å². The second-order valence-corrected chi connectivity index (χ2v) is 6.14. The molecule has 1 aromatic rings. The third-order valence-electron chi connectivity index (χ3n) is 4.17. The first-order valence-electron chi connectivity index (χ1n) is 7.75. The van der Waals surface area contributed by atoms with E-state index in [1.807, 2.05) is 6.92 Å². The van der Waals surface area contributed by atoms with Crippen molar-refractivity contribution in [3.05, 3.63) is 24.5 Å². The maximum atomic E-state index is 12.2. The number of nitrogens with two attached hydrogens (primary N) is 1. The maximum absolute atomic E-state index is 12.2. The van der Waals surface area contributed by atoms with Crippen LogP contribution in [-0.4, -0.2) is 28.9 Å². The number of amides is 2. The van der Waals surface area contributed by atoms with Gasteiger partial charge in [0.15, 0.2) is 0 Å². The lowest BCUT2D eigenvalue weighted by atomic mass is 9.74. The molecule has 1 fully saturated rings. The Kier molecular flexibility index (Phi) is 9.89. The van der Waals surface area contributed by atoms with E-state index in [1.54, 1.807) is 24.5 Å². The molecule has 0 radical (unpaired) electrons. The fourth-order valence-electron chi connectivity index (χ4n) is 2.87. The van der Waals surface area contributed by atoms with E-state index < -0.39 is 5.54 Å². The smallest absolute Gasteiger partial charge is 0.226 e. The predicted octanol–water partition coefficient (Wildman–Crippen LogP) is 2.28. The van der Waals surface area contributed by atoms with Gasteiger partial charge >= 0.3 is 0 Å². The highest BCUT2D eigenvalue weighted by Crippen LogP contribution is 2.31. The van der Waals surface area contributed by atoms with Crippen LogP contribution in [0.5, 0.6) is 0 Å². The average Bonchev–Trinajstić information content (AvgIpc) is 2.47. The third kappa shape index (κ3) is 6.63. The predicted molar refractivity (Wildman–Crippen MR) is 99.5 cm³/mol. The number of pyridine rings is 1. The Morgan fingerprint density at radius 3 is 2.75 bits per heavy atom. The number of nitrogens with one attached hydrogen (secondary N) is 2. The van der Waals surface area contributed by atoms with E-state index in [4.69, 9.17) is 5.73 Å². The Labute approximate surface area is 155 Å². The molecular formula is C16H26Cl2N4O2. The van der Waals surface area contributed by atoms with E-state index in [9.17, 15) is 9.59 Å². The Balaban J connectivity index is 0.00000264. The van der Waals surface area contributed by atoms with E-state index in [1.165, 1.54) is 0 Å². The molecule has 6 nitrogen and oxygen atoms in total. The molecule has 2 atom stereocenters. The summed E-state index contributed by atoms with van der Waals surface area (Å²) in [5, 5.41) is 5.56. The normalized spacial score (nSPS) is 22.5. The number of carbonyl (C=O) groups excluding carboxylic acids is 2. The summed E-state index contributed by atoms with van der Waals surface area (Å²) in [4.78, 5) is 27.9. The molecule has 1 aliphatic rings. The zero-order valence-corrected chi connectivity index (χ0v) is 15.4. The van der Waals surface area contributed by atoms with Crippen LogP contribution in [0.4, 0.5) is 5.69 Å². The fourth-order valence-corrected chi connectivity index (χ4v) is 2.87. The highest BCUT2D eigenvalue weighted by molar-refractivity contribution is 5.91. The standard InChI is InChI=1S/C16H24N4O2.2ClH/c1-16(17)8-3-2-6-13(16)15(22)19-10-7-14(21)20-12-5-4-9-18-11-12;;/h4-5,9,11,13H,2-3,6-8,10,17H2,1H3,(H,19,22)(H,20,21);2*1H. The van der Waals surface area contributed by atoms with Crippen molar-refractivity contribution in [2.75, 3.05) is 11.9 Å². The number of anilines is 1. The van der Waals surface area contributed by atoms with E-state index in [0.717, 1.165) is 25.7 Å². The second-order valence-electron chi connectivity index (χ2n) is 6.14. The summed E-state index contributed by atoms with van der Waals surface area (Å²) in [7, 11) is 0. The van der Waals surface area contributed by atoms with Crippen LogP contribution in [0, 0.1) is 5.92 Å². The highest BCUT2D eigenvalue weighted by atomic mass is 35.5. The number of aromatic nitrogens is 1. The Hall–Kier alpha value is -1.37. The van der Waals surface area contributed by atoms with Crippen molar-refractivity contribution >= 4 is 42.3 Å². The fraction of sp³-hybridized carbons (Fsp3) is 0.562. The largest absolute Gasteiger partial charge is 0.355 e. The molecule has 1 aliphatic carbocycles. The summed E-state index contributed by atoms with van der Waals surface area (Å²) in [5.74, 6) is -0.353. The van der Waals surface area contributed by atoms with Gasteiger partial charge in [0.25, 0.3) is 0 Å². The first-order chi connectivity index (χ1) is 10.5. The minimum absolute atomic E-state index is 0. The molecule has 0 saturated heterocycles. The highest BCUT2D eigenvalue weighted by Gasteiger charge is 2.37. The zero-order chi connectivity index (χ0) is 16.0. The lowest BCUT2D eigenvalue weighted by Crippen LogP contribution is -2.53. The monoisotopic (exact) mass is 376 g/mol. The molecule has 0 aliphatic heterocycles. The minimum Gasteiger partial charge on any atom is -0.355 e. The van der Waals surface area contributed by atoms with Gasteiger partial charge in [-0.3, -0.25) is 14.6 Å². The van der Waals surface area contributed by atoms with Crippen molar-refractivity contribution in [2.24, 2.45) is 11.7 Å². The lowest BCUT2D eigenvalue weighted by molar-refractivity contribution is -0.128. The molecule has 4 N–H and O–H groups in total. The summed E-state index contributed by atoms with van der Waals surface area (Å²) in [6.07, 6.45) is 7.25. The summed E-state index contributed by atoms with van der Waals surface area (Å²) < 4.78 is 0. The van der Waals surface area contributed by atoms with Gasteiger partial charge in [-0.2, -0.15) is 0 Å². The second kappa shape index (κ2) is 10.5. The van der Waals surface area contributed by atoms with Crippen LogP contribution in [0.2, 0.25) is 0 Å².